The fourth-order valence-corrected chi connectivity index (χ4v) is 4.95. The van der Waals surface area contributed by atoms with Crippen LogP contribution < -0.4 is 5.32 Å². The second kappa shape index (κ2) is 11.4. The Balaban J connectivity index is 1.59. The molecule has 186 valence electrons. The van der Waals surface area contributed by atoms with Crippen LogP contribution in [0.15, 0.2) is 54.9 Å². The van der Waals surface area contributed by atoms with Gasteiger partial charge >= 0.3 is 0 Å². The average molecular weight is 478 g/mol. The van der Waals surface area contributed by atoms with E-state index in [-0.39, 0.29) is 29.7 Å². The lowest BCUT2D eigenvalue weighted by atomic mass is 10.0. The van der Waals surface area contributed by atoms with Crippen molar-refractivity contribution in [2.75, 3.05) is 39.3 Å². The van der Waals surface area contributed by atoms with Crippen molar-refractivity contribution in [3.63, 3.8) is 0 Å². The summed E-state index contributed by atoms with van der Waals surface area (Å²) in [5.41, 5.74) is 1.61. The van der Waals surface area contributed by atoms with Gasteiger partial charge in [0.25, 0.3) is 5.91 Å². The highest BCUT2D eigenvalue weighted by Crippen LogP contribution is 2.27. The molecule has 3 amide bonds. The zero-order valence-electron chi connectivity index (χ0n) is 20.6. The number of aromatic nitrogens is 1. The summed E-state index contributed by atoms with van der Waals surface area (Å²) >= 11 is 0. The maximum absolute atomic E-state index is 13.6. The van der Waals surface area contributed by atoms with E-state index < -0.39 is 6.04 Å². The predicted octanol–water partition coefficient (Wildman–Crippen LogP) is 1.82. The van der Waals surface area contributed by atoms with Gasteiger partial charge in [-0.25, -0.2) is 0 Å². The van der Waals surface area contributed by atoms with Gasteiger partial charge < -0.3 is 20.0 Å². The minimum Gasteiger partial charge on any atom is -0.338 e. The molecule has 1 N–H and O–H groups in total. The van der Waals surface area contributed by atoms with Gasteiger partial charge in [-0.3, -0.25) is 19.4 Å². The lowest BCUT2D eigenvalue weighted by molar-refractivity contribution is -0.138. The number of piperazine rings is 1. The summed E-state index contributed by atoms with van der Waals surface area (Å²) in [4.78, 5) is 49.8. The van der Waals surface area contributed by atoms with Crippen molar-refractivity contribution < 1.29 is 14.4 Å². The number of carbonyl (C=O) groups is 3. The molecule has 0 saturated carbocycles. The fourth-order valence-electron chi connectivity index (χ4n) is 4.95. The molecule has 0 radical (unpaired) electrons. The molecule has 2 aliphatic rings. The second-order valence-electron chi connectivity index (χ2n) is 9.60. The van der Waals surface area contributed by atoms with Crippen LogP contribution in [-0.2, 0) is 16.0 Å². The van der Waals surface area contributed by atoms with E-state index >= 15 is 0 Å². The number of hydrogen-bond acceptors (Lipinski definition) is 5. The van der Waals surface area contributed by atoms with Gasteiger partial charge in [0.2, 0.25) is 11.8 Å². The average Bonchev–Trinajstić information content (AvgIpc) is 3.34. The van der Waals surface area contributed by atoms with Crippen molar-refractivity contribution in [2.24, 2.45) is 5.92 Å². The van der Waals surface area contributed by atoms with Crippen molar-refractivity contribution in [1.82, 2.24) is 25.0 Å². The molecule has 2 unspecified atom stereocenters. The van der Waals surface area contributed by atoms with Crippen LogP contribution in [0.25, 0.3) is 0 Å². The van der Waals surface area contributed by atoms with Gasteiger partial charge in [0, 0.05) is 57.6 Å². The van der Waals surface area contributed by atoms with Crippen LogP contribution in [0.4, 0.5) is 0 Å². The summed E-state index contributed by atoms with van der Waals surface area (Å²) in [6, 6.07) is 12.7. The number of nitrogens with zero attached hydrogens (tertiary/aromatic N) is 4. The smallest absolute Gasteiger partial charge is 0.256 e. The Kier molecular flexibility index (Phi) is 8.13. The Labute approximate surface area is 207 Å². The summed E-state index contributed by atoms with van der Waals surface area (Å²) in [6.45, 7) is 7.41. The summed E-state index contributed by atoms with van der Waals surface area (Å²) in [5, 5.41) is 3.27. The Morgan fingerprint density at radius 2 is 1.83 bits per heavy atom. The fraction of sp³-hybridized carbons (Fsp3) is 0.481. The molecule has 4 rings (SSSR count). The monoisotopic (exact) mass is 477 g/mol. The number of carbonyl (C=O) groups excluding carboxylic acids is 3. The molecule has 2 aliphatic heterocycles. The largest absolute Gasteiger partial charge is 0.338 e. The standard InChI is InChI=1S/C27H35N5O3/c1-20(2)25(33)31(14-10-21-7-4-3-5-8-21)23-17-24(27(35)30-15-12-28-13-16-30)32(19-23)26(34)22-9-6-11-29-18-22/h3-9,11,18,20,23-24,28H,10,12-17,19H2,1-2H3. The molecule has 2 fully saturated rings. The van der Waals surface area contributed by atoms with Gasteiger partial charge in [0.05, 0.1) is 11.6 Å². The minimum atomic E-state index is -0.593. The van der Waals surface area contributed by atoms with Gasteiger partial charge in [0.15, 0.2) is 0 Å². The summed E-state index contributed by atoms with van der Waals surface area (Å²) < 4.78 is 0. The van der Waals surface area contributed by atoms with Crippen molar-refractivity contribution in [3.05, 3.63) is 66.0 Å². The molecule has 2 atom stereocenters. The van der Waals surface area contributed by atoms with Crippen LogP contribution in [0.2, 0.25) is 0 Å². The van der Waals surface area contributed by atoms with Crippen molar-refractivity contribution in [3.8, 4) is 0 Å². The highest BCUT2D eigenvalue weighted by atomic mass is 16.2. The molecule has 2 saturated heterocycles. The van der Waals surface area contributed by atoms with E-state index in [0.29, 0.717) is 38.2 Å². The van der Waals surface area contributed by atoms with E-state index in [9.17, 15) is 14.4 Å². The molecule has 35 heavy (non-hydrogen) atoms. The molecule has 0 spiro atoms. The molecular formula is C27H35N5O3. The maximum Gasteiger partial charge on any atom is 0.256 e. The van der Waals surface area contributed by atoms with Crippen LogP contribution in [-0.4, -0.2) is 88.8 Å². The topological polar surface area (TPSA) is 85.9 Å². The normalized spacial score (nSPS) is 20.2. The zero-order valence-corrected chi connectivity index (χ0v) is 20.6. The van der Waals surface area contributed by atoms with E-state index in [1.165, 1.54) is 6.20 Å². The molecule has 0 aliphatic carbocycles. The Morgan fingerprint density at radius 1 is 1.09 bits per heavy atom. The second-order valence-corrected chi connectivity index (χ2v) is 9.60. The minimum absolute atomic E-state index is 0.0359. The number of amides is 3. The molecule has 1 aromatic carbocycles. The third kappa shape index (κ3) is 5.88. The molecule has 1 aromatic heterocycles. The molecule has 8 nitrogen and oxygen atoms in total. The Morgan fingerprint density at radius 3 is 2.49 bits per heavy atom. The highest BCUT2D eigenvalue weighted by Gasteiger charge is 2.44. The summed E-state index contributed by atoms with van der Waals surface area (Å²) in [5.74, 6) is -0.369. The number of hydrogen-bond donors (Lipinski definition) is 1. The first-order chi connectivity index (χ1) is 17.0. The van der Waals surface area contributed by atoms with E-state index in [0.717, 1.165) is 25.1 Å². The van der Waals surface area contributed by atoms with Gasteiger partial charge in [0.1, 0.15) is 6.04 Å². The number of pyridine rings is 1. The molecule has 2 aromatic rings. The number of likely N-dealkylation sites (tertiary alicyclic amines) is 1. The van der Waals surface area contributed by atoms with Crippen LogP contribution in [0, 0.1) is 5.92 Å². The quantitative estimate of drug-likeness (QED) is 0.658. The number of nitrogens with one attached hydrogen (secondary N) is 1. The lowest BCUT2D eigenvalue weighted by Crippen LogP contribution is -2.53. The Hall–Kier alpha value is -3.26. The van der Waals surface area contributed by atoms with E-state index in [1.807, 2.05) is 41.8 Å². The van der Waals surface area contributed by atoms with E-state index in [2.05, 4.69) is 22.4 Å². The van der Waals surface area contributed by atoms with Gasteiger partial charge in [-0.2, -0.15) is 0 Å². The van der Waals surface area contributed by atoms with E-state index in [1.54, 1.807) is 23.2 Å². The first kappa shape index (κ1) is 24.9. The molecule has 0 bridgehead atoms. The van der Waals surface area contributed by atoms with Crippen LogP contribution >= 0.6 is 0 Å². The highest BCUT2D eigenvalue weighted by molar-refractivity contribution is 5.98. The van der Waals surface area contributed by atoms with Gasteiger partial charge in [-0.05, 0) is 30.5 Å². The molecule has 3 heterocycles. The Bertz CT molecular complexity index is 1010. The third-order valence-corrected chi connectivity index (χ3v) is 6.86. The van der Waals surface area contributed by atoms with Gasteiger partial charge in [-0.1, -0.05) is 44.2 Å². The zero-order chi connectivity index (χ0) is 24.8. The van der Waals surface area contributed by atoms with Crippen molar-refractivity contribution >= 4 is 17.7 Å². The van der Waals surface area contributed by atoms with Crippen LogP contribution in [0.1, 0.15) is 36.2 Å². The molecular weight excluding hydrogens is 442 g/mol. The SMILES string of the molecule is CC(C)C(=O)N(CCc1ccccc1)C1CC(C(=O)N2CCNCC2)N(C(=O)c2cccnc2)C1. The predicted molar refractivity (Wildman–Crippen MR) is 134 cm³/mol. The first-order valence-corrected chi connectivity index (χ1v) is 12.5. The number of benzene rings is 1. The maximum atomic E-state index is 13.6. The third-order valence-electron chi connectivity index (χ3n) is 6.86. The van der Waals surface area contributed by atoms with Gasteiger partial charge in [-0.15, -0.1) is 0 Å². The first-order valence-electron chi connectivity index (χ1n) is 12.5. The van der Waals surface area contributed by atoms with E-state index in [4.69, 9.17) is 0 Å². The summed E-state index contributed by atoms with van der Waals surface area (Å²) in [7, 11) is 0. The summed E-state index contributed by atoms with van der Waals surface area (Å²) in [6.07, 6.45) is 4.33. The van der Waals surface area contributed by atoms with Crippen molar-refractivity contribution in [1.29, 1.82) is 0 Å². The number of rotatable bonds is 7. The lowest BCUT2D eigenvalue weighted by Gasteiger charge is -2.32. The molecule has 8 heteroatoms. The van der Waals surface area contributed by atoms with Crippen LogP contribution in [0.3, 0.4) is 0 Å². The van der Waals surface area contributed by atoms with Crippen LogP contribution in [0.5, 0.6) is 0 Å². The van der Waals surface area contributed by atoms with Crippen molar-refractivity contribution in [2.45, 2.75) is 38.8 Å².